The quantitative estimate of drug-likeness (QED) is 0.149. The van der Waals surface area contributed by atoms with Gasteiger partial charge in [-0.2, -0.15) is 0 Å². The normalized spacial score (nSPS) is 15.4. The van der Waals surface area contributed by atoms with Gasteiger partial charge >= 0.3 is 0 Å². The number of nitrogens with zero attached hydrogens (tertiary/aromatic N) is 8. The molecule has 502 valence electrons. The standard InChI is InChI=1S/C98H58N8S2/c1-4-26-59(27-5-1)60-54-56-63(57-55-60)93-99-91(61-28-6-2-7-29-61)101-95(103-93)70-38-23-47-79-89(70)108-85-53-19-14-43-75(85)98(79)73-41-12-17-50-82(73)106-83-51-25-35-66(86(83)69-37-22-45-77(98)88(69)106)64-32-20-33-65(58-64)94-100-92(62-30-8-3-9-31-62)102-96(104-94)71-39-24-46-78-90(71)107-84-52-18-13-42-74(84)97(78)72-40-11-16-49-81(72)105-80-48-15-10-34-67(80)68-36-21-44-76(97)87(68)105/h1-58H. The van der Waals surface area contributed by atoms with Crippen molar-refractivity contribution < 1.29 is 0 Å². The smallest absolute Gasteiger partial charge is 0.165 e. The molecule has 0 fully saturated rings. The van der Waals surface area contributed by atoms with E-state index in [9.17, 15) is 0 Å². The van der Waals surface area contributed by atoms with E-state index in [1.54, 1.807) is 11.8 Å². The Hall–Kier alpha value is -13.4. The van der Waals surface area contributed by atoms with Crippen LogP contribution in [0.1, 0.15) is 44.5 Å². The molecule has 23 rings (SSSR count). The lowest BCUT2D eigenvalue weighted by molar-refractivity contribution is 0.690. The number of aromatic nitrogens is 8. The SMILES string of the molecule is c1ccc(-c2ccc(-c3nc(-c4ccccc4)nc(-c4cccc5c4Sc4ccccc4C54c5ccccc5-n5c6cccc(-c7cccc(-c8nc(-c9ccccc9)nc(-c9cccc%10c9Sc9ccccc9C%109c%10ccccc%10-n%10c%11ccccc%11c%11cccc9c%11%10)n8)c7)c6c6cccc4c65)n3)cc2)cc1. The van der Waals surface area contributed by atoms with Crippen molar-refractivity contribution in [2.75, 3.05) is 0 Å². The lowest BCUT2D eigenvalue weighted by Crippen LogP contribution is -2.37. The maximum Gasteiger partial charge on any atom is 0.165 e. The van der Waals surface area contributed by atoms with E-state index in [4.69, 9.17) is 29.9 Å². The van der Waals surface area contributed by atoms with Gasteiger partial charge in [0.05, 0.1) is 44.3 Å². The van der Waals surface area contributed by atoms with Crippen LogP contribution in [0.3, 0.4) is 0 Å². The monoisotopic (exact) mass is 1410 g/mol. The molecule has 108 heavy (non-hydrogen) atoms. The van der Waals surface area contributed by atoms with Crippen LogP contribution in [-0.4, -0.2) is 39.0 Å². The first-order valence-corrected chi connectivity index (χ1v) is 38.2. The zero-order chi connectivity index (χ0) is 70.8. The second kappa shape index (κ2) is 23.6. The Kier molecular flexibility index (Phi) is 13.3. The molecular weight excluding hydrogens is 1350 g/mol. The predicted octanol–water partition coefficient (Wildman–Crippen LogP) is 23.9. The first-order valence-electron chi connectivity index (χ1n) is 36.6. The van der Waals surface area contributed by atoms with Crippen molar-refractivity contribution in [2.24, 2.45) is 0 Å². The predicted molar refractivity (Wildman–Crippen MR) is 437 cm³/mol. The van der Waals surface area contributed by atoms with Crippen LogP contribution in [0.15, 0.2) is 371 Å². The summed E-state index contributed by atoms with van der Waals surface area (Å²) in [4.78, 5) is 37.3. The van der Waals surface area contributed by atoms with Crippen molar-refractivity contribution in [2.45, 2.75) is 30.4 Å². The fraction of sp³-hybridized carbons (Fsp3) is 0.0204. The molecule has 0 bridgehead atoms. The summed E-state index contributed by atoms with van der Waals surface area (Å²) in [5, 5.41) is 4.81. The molecule has 2 unspecified atom stereocenters. The summed E-state index contributed by atoms with van der Waals surface area (Å²) in [5.41, 5.74) is 25.3. The molecule has 19 aromatic rings. The number of hydrogen-bond acceptors (Lipinski definition) is 8. The summed E-state index contributed by atoms with van der Waals surface area (Å²) in [6.45, 7) is 0. The van der Waals surface area contributed by atoms with E-state index in [1.807, 2.05) is 36.0 Å². The van der Waals surface area contributed by atoms with Crippen molar-refractivity contribution in [1.82, 2.24) is 39.0 Å². The highest BCUT2D eigenvalue weighted by Crippen LogP contribution is 2.64. The number of para-hydroxylation sites is 5. The maximum absolute atomic E-state index is 5.66. The largest absolute Gasteiger partial charge is 0.309 e. The van der Waals surface area contributed by atoms with Crippen LogP contribution in [0.25, 0.3) is 146 Å². The fourth-order valence-electron chi connectivity index (χ4n) is 18.3. The maximum atomic E-state index is 5.66. The summed E-state index contributed by atoms with van der Waals surface area (Å²) in [7, 11) is 0. The van der Waals surface area contributed by atoms with Gasteiger partial charge in [-0.25, -0.2) is 29.9 Å². The molecule has 4 aliphatic heterocycles. The van der Waals surface area contributed by atoms with Gasteiger partial charge in [0.2, 0.25) is 0 Å². The van der Waals surface area contributed by atoms with Crippen LogP contribution in [0.4, 0.5) is 0 Å². The molecule has 0 saturated heterocycles. The number of rotatable bonds is 8. The van der Waals surface area contributed by atoms with Crippen molar-refractivity contribution in [3.8, 4) is 102 Å². The molecule has 4 aliphatic rings. The molecule has 0 saturated carbocycles. The molecule has 0 amide bonds. The van der Waals surface area contributed by atoms with E-state index in [2.05, 4.69) is 337 Å². The van der Waals surface area contributed by atoms with Crippen LogP contribution in [-0.2, 0) is 10.8 Å². The summed E-state index contributed by atoms with van der Waals surface area (Å²) in [6.07, 6.45) is 0. The van der Waals surface area contributed by atoms with Gasteiger partial charge in [-0.1, -0.05) is 333 Å². The Morgan fingerprint density at radius 1 is 0.222 bits per heavy atom. The highest BCUT2D eigenvalue weighted by atomic mass is 32.2. The highest BCUT2D eigenvalue weighted by molar-refractivity contribution is 8.00. The number of benzene rings is 15. The number of hydrogen-bond donors (Lipinski definition) is 0. The third-order valence-corrected chi connectivity index (χ3v) is 25.2. The summed E-state index contributed by atoms with van der Waals surface area (Å²) in [5.74, 6) is 3.65. The highest BCUT2D eigenvalue weighted by Gasteiger charge is 2.52. The average Bonchev–Trinajstić information content (AvgIpc) is 1.30. The molecule has 2 spiro atoms. The Bertz CT molecular complexity index is 7010. The zero-order valence-electron chi connectivity index (χ0n) is 57.9. The van der Waals surface area contributed by atoms with E-state index < -0.39 is 10.8 Å². The number of fused-ring (bicyclic) bond motifs is 22. The van der Waals surface area contributed by atoms with Gasteiger partial charge in [0.25, 0.3) is 0 Å². The molecule has 0 aliphatic carbocycles. The molecule has 15 aromatic carbocycles. The lowest BCUT2D eigenvalue weighted by atomic mass is 9.62. The van der Waals surface area contributed by atoms with Crippen LogP contribution in [0.5, 0.6) is 0 Å². The van der Waals surface area contributed by atoms with E-state index in [-0.39, 0.29) is 0 Å². The van der Waals surface area contributed by atoms with Crippen LogP contribution in [0.2, 0.25) is 0 Å². The van der Waals surface area contributed by atoms with Gasteiger partial charge in [0.15, 0.2) is 34.9 Å². The van der Waals surface area contributed by atoms with Gasteiger partial charge in [0, 0.05) is 74.5 Å². The third-order valence-electron chi connectivity index (χ3n) is 22.8. The minimum atomic E-state index is -0.775. The summed E-state index contributed by atoms with van der Waals surface area (Å²) >= 11 is 3.62. The molecule has 4 aromatic heterocycles. The summed E-state index contributed by atoms with van der Waals surface area (Å²) in [6, 6.07) is 128. The topological polar surface area (TPSA) is 87.2 Å². The molecule has 8 nitrogen and oxygen atoms in total. The minimum absolute atomic E-state index is 0.589. The first kappa shape index (κ1) is 61.0. The Labute approximate surface area is 630 Å². The molecular formula is C98H58N8S2. The average molecular weight is 1410 g/mol. The summed E-state index contributed by atoms with van der Waals surface area (Å²) < 4.78 is 5.04. The molecule has 0 radical (unpaired) electrons. The zero-order valence-corrected chi connectivity index (χ0v) is 59.5. The van der Waals surface area contributed by atoms with Gasteiger partial charge in [-0.15, -0.1) is 0 Å². The van der Waals surface area contributed by atoms with E-state index in [0.29, 0.717) is 34.9 Å². The van der Waals surface area contributed by atoms with Crippen molar-refractivity contribution in [3.05, 3.63) is 396 Å². The minimum Gasteiger partial charge on any atom is -0.309 e. The third kappa shape index (κ3) is 8.66. The van der Waals surface area contributed by atoms with Crippen LogP contribution in [0, 0.1) is 0 Å². The Morgan fingerprint density at radius 3 is 1.16 bits per heavy atom. The van der Waals surface area contributed by atoms with E-state index in [0.717, 1.165) is 87.4 Å². The molecule has 8 heterocycles. The second-order valence-corrected chi connectivity index (χ2v) is 30.4. The van der Waals surface area contributed by atoms with Gasteiger partial charge in [-0.05, 0) is 109 Å². The Balaban J connectivity index is 0.695. The van der Waals surface area contributed by atoms with Crippen LogP contribution >= 0.6 is 23.5 Å². The Morgan fingerprint density at radius 2 is 0.574 bits per heavy atom. The van der Waals surface area contributed by atoms with Crippen molar-refractivity contribution in [1.29, 1.82) is 0 Å². The molecule has 0 N–H and O–H groups in total. The molecule has 2 atom stereocenters. The second-order valence-electron chi connectivity index (χ2n) is 28.3. The fourth-order valence-corrected chi connectivity index (χ4v) is 20.9. The van der Waals surface area contributed by atoms with Crippen LogP contribution < -0.4 is 0 Å². The van der Waals surface area contributed by atoms with Gasteiger partial charge in [0.1, 0.15) is 0 Å². The first-order chi connectivity index (χ1) is 53.6. The van der Waals surface area contributed by atoms with Gasteiger partial charge in [-0.3, -0.25) is 0 Å². The van der Waals surface area contributed by atoms with Crippen molar-refractivity contribution in [3.63, 3.8) is 0 Å². The van der Waals surface area contributed by atoms with Crippen molar-refractivity contribution >= 4 is 67.1 Å². The lowest BCUT2D eigenvalue weighted by Gasteiger charge is -2.45. The van der Waals surface area contributed by atoms with E-state index in [1.165, 1.54) is 87.3 Å². The van der Waals surface area contributed by atoms with E-state index >= 15 is 0 Å². The van der Waals surface area contributed by atoms with Gasteiger partial charge < -0.3 is 9.13 Å². The molecule has 10 heteroatoms.